The summed E-state index contributed by atoms with van der Waals surface area (Å²) in [5.74, 6) is 1.76. The number of carbonyl (C=O) groups excluding carboxylic acids is 1. The van der Waals surface area contributed by atoms with Gasteiger partial charge in [0.25, 0.3) is 0 Å². The van der Waals surface area contributed by atoms with Crippen molar-refractivity contribution in [1.29, 1.82) is 0 Å². The van der Waals surface area contributed by atoms with Crippen LogP contribution in [-0.4, -0.2) is 60.4 Å². The van der Waals surface area contributed by atoms with Crippen LogP contribution in [0.15, 0.2) is 29.3 Å². The van der Waals surface area contributed by atoms with E-state index in [1.807, 2.05) is 4.90 Å². The van der Waals surface area contributed by atoms with Gasteiger partial charge in [0.1, 0.15) is 0 Å². The molecule has 2 saturated heterocycles. The van der Waals surface area contributed by atoms with Crippen molar-refractivity contribution in [2.75, 3.05) is 32.7 Å². The van der Waals surface area contributed by atoms with E-state index < -0.39 is 0 Å². The van der Waals surface area contributed by atoms with Crippen LogP contribution in [0.4, 0.5) is 0 Å². The molecule has 0 saturated carbocycles. The second-order valence-corrected chi connectivity index (χ2v) is 9.58. The second-order valence-electron chi connectivity index (χ2n) is 9.58. The Balaban J connectivity index is 0.00000385. The zero-order chi connectivity index (χ0) is 22.8. The molecule has 2 aliphatic rings. The van der Waals surface area contributed by atoms with Gasteiger partial charge in [0.05, 0.1) is 6.54 Å². The number of hydrogen-bond acceptors (Lipinski definition) is 3. The van der Waals surface area contributed by atoms with Crippen molar-refractivity contribution in [3.8, 4) is 0 Å². The van der Waals surface area contributed by atoms with Crippen molar-refractivity contribution < 1.29 is 4.79 Å². The molecule has 33 heavy (non-hydrogen) atoms. The van der Waals surface area contributed by atoms with Gasteiger partial charge in [0.15, 0.2) is 5.96 Å². The third-order valence-electron chi connectivity index (χ3n) is 6.66. The van der Waals surface area contributed by atoms with Crippen LogP contribution in [0.25, 0.3) is 0 Å². The van der Waals surface area contributed by atoms with E-state index in [2.05, 4.69) is 60.6 Å². The molecule has 0 aliphatic carbocycles. The molecule has 0 spiro atoms. The Morgan fingerprint density at radius 1 is 1.03 bits per heavy atom. The van der Waals surface area contributed by atoms with E-state index in [4.69, 9.17) is 4.99 Å². The number of likely N-dealkylation sites (tertiary alicyclic amines) is 2. The summed E-state index contributed by atoms with van der Waals surface area (Å²) in [7, 11) is 0. The highest BCUT2D eigenvalue weighted by atomic mass is 127. The normalized spacial score (nSPS) is 18.7. The molecule has 1 amide bonds. The highest BCUT2D eigenvalue weighted by Gasteiger charge is 2.23. The van der Waals surface area contributed by atoms with Gasteiger partial charge in [0, 0.05) is 38.6 Å². The minimum absolute atomic E-state index is 0. The first-order chi connectivity index (χ1) is 15.6. The molecule has 0 radical (unpaired) electrons. The predicted molar refractivity (Wildman–Crippen MR) is 148 cm³/mol. The predicted octanol–water partition coefficient (Wildman–Crippen LogP) is 4.38. The van der Waals surface area contributed by atoms with Crippen molar-refractivity contribution in [2.45, 2.75) is 78.4 Å². The molecule has 1 atom stereocenters. The Morgan fingerprint density at radius 3 is 2.39 bits per heavy atom. The van der Waals surface area contributed by atoms with Crippen molar-refractivity contribution in [3.63, 3.8) is 0 Å². The fraction of sp³-hybridized carbons (Fsp3) is 0.692. The number of benzene rings is 1. The Hall–Kier alpha value is -1.35. The lowest BCUT2D eigenvalue weighted by Crippen LogP contribution is -2.49. The number of carbonyl (C=O) groups is 1. The molecule has 2 heterocycles. The van der Waals surface area contributed by atoms with Crippen molar-refractivity contribution >= 4 is 35.8 Å². The molecule has 1 aromatic carbocycles. The van der Waals surface area contributed by atoms with Crippen LogP contribution >= 0.6 is 24.0 Å². The molecule has 1 unspecified atom stereocenters. The van der Waals surface area contributed by atoms with E-state index in [-0.39, 0.29) is 29.9 Å². The third-order valence-corrected chi connectivity index (χ3v) is 6.66. The highest BCUT2D eigenvalue weighted by molar-refractivity contribution is 14.0. The number of nitrogens with zero attached hydrogens (tertiary/aromatic N) is 3. The summed E-state index contributed by atoms with van der Waals surface area (Å²) in [6, 6.07) is 9.02. The number of aliphatic imine (C=N–C) groups is 1. The quantitative estimate of drug-likeness (QED) is 0.263. The Kier molecular flexibility index (Phi) is 12.5. The van der Waals surface area contributed by atoms with E-state index in [1.165, 1.54) is 49.9 Å². The van der Waals surface area contributed by atoms with Crippen molar-refractivity contribution in [1.82, 2.24) is 20.4 Å². The first-order valence-corrected chi connectivity index (χ1v) is 12.7. The lowest BCUT2D eigenvalue weighted by Gasteiger charge is -2.34. The van der Waals surface area contributed by atoms with Gasteiger partial charge in [-0.1, -0.05) is 51.0 Å². The number of amides is 1. The maximum Gasteiger partial charge on any atom is 0.222 e. The zero-order valence-corrected chi connectivity index (χ0v) is 23.1. The fourth-order valence-electron chi connectivity index (χ4n) is 4.84. The fourth-order valence-corrected chi connectivity index (χ4v) is 4.84. The monoisotopic (exact) mass is 569 g/mol. The first-order valence-electron chi connectivity index (χ1n) is 12.7. The van der Waals surface area contributed by atoms with Gasteiger partial charge in [0.2, 0.25) is 5.91 Å². The molecule has 186 valence electrons. The first kappa shape index (κ1) is 27.9. The van der Waals surface area contributed by atoms with Crippen LogP contribution in [0.3, 0.4) is 0 Å². The van der Waals surface area contributed by atoms with Crippen LogP contribution in [0.5, 0.6) is 0 Å². The molecule has 1 aromatic rings. The van der Waals surface area contributed by atoms with E-state index in [1.54, 1.807) is 0 Å². The van der Waals surface area contributed by atoms with E-state index >= 15 is 0 Å². The molecular formula is C26H44IN5O. The maximum atomic E-state index is 11.9. The van der Waals surface area contributed by atoms with E-state index in [9.17, 15) is 4.79 Å². The Morgan fingerprint density at radius 2 is 1.76 bits per heavy atom. The van der Waals surface area contributed by atoms with Gasteiger partial charge in [-0.25, -0.2) is 4.99 Å². The summed E-state index contributed by atoms with van der Waals surface area (Å²) in [5.41, 5.74) is 2.37. The Bertz CT molecular complexity index is 746. The van der Waals surface area contributed by atoms with Gasteiger partial charge in [-0.15, -0.1) is 24.0 Å². The summed E-state index contributed by atoms with van der Waals surface area (Å²) < 4.78 is 0. The standard InChI is InChI=1S/C26H43N5O.HI/c1-4-27-26(29-19-24(21(2)3)30-14-7-5-6-8-15-30)28-18-22-11-9-12-23(17-22)20-31-16-10-13-25(31)32;/h9,11-12,17,21,24H,4-8,10,13-16,18-20H2,1-3H3,(H2,27,28,29);1H. The summed E-state index contributed by atoms with van der Waals surface area (Å²) in [6.45, 7) is 13.2. The van der Waals surface area contributed by atoms with Gasteiger partial charge in [-0.2, -0.15) is 0 Å². The summed E-state index contributed by atoms with van der Waals surface area (Å²) in [5, 5.41) is 7.02. The number of rotatable bonds is 9. The summed E-state index contributed by atoms with van der Waals surface area (Å²) in [6.07, 6.45) is 7.03. The van der Waals surface area contributed by atoms with Crippen molar-refractivity contribution in [2.24, 2.45) is 10.9 Å². The SMILES string of the molecule is CCNC(=NCc1cccc(CN2CCCC2=O)c1)NCC(C(C)C)N1CCCCCC1.I. The minimum atomic E-state index is 0. The van der Waals surface area contributed by atoms with Crippen LogP contribution in [0.1, 0.15) is 70.4 Å². The minimum Gasteiger partial charge on any atom is -0.357 e. The molecule has 6 nitrogen and oxygen atoms in total. The van der Waals surface area contributed by atoms with E-state index in [0.717, 1.165) is 32.0 Å². The topological polar surface area (TPSA) is 60.0 Å². The van der Waals surface area contributed by atoms with Crippen LogP contribution < -0.4 is 10.6 Å². The molecule has 2 fully saturated rings. The number of nitrogens with one attached hydrogen (secondary N) is 2. The smallest absolute Gasteiger partial charge is 0.222 e. The summed E-state index contributed by atoms with van der Waals surface area (Å²) >= 11 is 0. The van der Waals surface area contributed by atoms with Crippen molar-refractivity contribution in [3.05, 3.63) is 35.4 Å². The van der Waals surface area contributed by atoms with Crippen LogP contribution in [0.2, 0.25) is 0 Å². The maximum absolute atomic E-state index is 11.9. The zero-order valence-electron chi connectivity index (χ0n) is 20.8. The second kappa shape index (κ2) is 14.8. The lowest BCUT2D eigenvalue weighted by atomic mass is 10.0. The number of guanidine groups is 1. The Labute approximate surface area is 218 Å². The van der Waals surface area contributed by atoms with E-state index in [0.29, 0.717) is 31.5 Å². The molecule has 7 heteroatoms. The highest BCUT2D eigenvalue weighted by Crippen LogP contribution is 2.18. The largest absolute Gasteiger partial charge is 0.357 e. The molecule has 0 bridgehead atoms. The van der Waals surface area contributed by atoms with Crippen LogP contribution in [-0.2, 0) is 17.9 Å². The number of halogens is 1. The van der Waals surface area contributed by atoms with Gasteiger partial charge in [-0.05, 0) is 56.3 Å². The molecule has 3 rings (SSSR count). The summed E-state index contributed by atoms with van der Waals surface area (Å²) in [4.78, 5) is 21.4. The average molecular weight is 570 g/mol. The van der Waals surface area contributed by atoms with Crippen LogP contribution in [0, 0.1) is 5.92 Å². The number of hydrogen-bond donors (Lipinski definition) is 2. The lowest BCUT2D eigenvalue weighted by molar-refractivity contribution is -0.128. The molecule has 0 aromatic heterocycles. The third kappa shape index (κ3) is 9.08. The van der Waals surface area contributed by atoms with Gasteiger partial charge < -0.3 is 15.5 Å². The average Bonchev–Trinajstić information content (AvgIpc) is 3.01. The van der Waals surface area contributed by atoms with Gasteiger partial charge in [-0.3, -0.25) is 9.69 Å². The van der Waals surface area contributed by atoms with Gasteiger partial charge >= 0.3 is 0 Å². The molecular weight excluding hydrogens is 525 g/mol. The molecule has 2 aliphatic heterocycles. The molecule has 2 N–H and O–H groups in total.